The second-order valence-corrected chi connectivity index (χ2v) is 4.09. The monoisotopic (exact) mass is 219 g/mol. The van der Waals surface area contributed by atoms with E-state index in [1.54, 1.807) is 0 Å². The second-order valence-electron chi connectivity index (χ2n) is 2.56. The number of rotatable bonds is 4. The van der Waals surface area contributed by atoms with E-state index in [9.17, 15) is 17.4 Å². The van der Waals surface area contributed by atoms with Crippen molar-refractivity contribution in [2.24, 2.45) is 0 Å². The molecule has 78 valence electrons. The highest BCUT2D eigenvalue weighted by atomic mass is 32.2. The molecule has 0 radical (unpaired) electrons. The minimum absolute atomic E-state index is 0.225. The first-order chi connectivity index (χ1) is 6.47. The average Bonchev–Trinajstić information content (AvgIpc) is 2.06. The molecule has 0 amide bonds. The van der Waals surface area contributed by atoms with Gasteiger partial charge in [-0.15, -0.1) is 0 Å². The van der Waals surface area contributed by atoms with E-state index in [0.717, 1.165) is 0 Å². The molecule has 0 bridgehead atoms. The standard InChI is InChI=1S/C8H9FO4S/c9-7-1-3-8(4-2-7)13-5-6-14(10,11)12/h1-4H,5-6H2,(H,10,11,12)/p-1. The number of hydrogen-bond acceptors (Lipinski definition) is 4. The molecule has 0 saturated heterocycles. The highest BCUT2D eigenvalue weighted by Crippen LogP contribution is 2.10. The van der Waals surface area contributed by atoms with Crippen molar-refractivity contribution in [3.63, 3.8) is 0 Å². The summed E-state index contributed by atoms with van der Waals surface area (Å²) in [7, 11) is -4.25. The van der Waals surface area contributed by atoms with E-state index < -0.39 is 21.7 Å². The molecule has 4 nitrogen and oxygen atoms in total. The first-order valence-electron chi connectivity index (χ1n) is 3.79. The van der Waals surface area contributed by atoms with Crippen molar-refractivity contribution in [1.82, 2.24) is 0 Å². The van der Waals surface area contributed by atoms with Gasteiger partial charge in [0.1, 0.15) is 18.2 Å². The first-order valence-corrected chi connectivity index (χ1v) is 5.37. The van der Waals surface area contributed by atoms with E-state index in [-0.39, 0.29) is 6.61 Å². The van der Waals surface area contributed by atoms with Crippen molar-refractivity contribution in [2.75, 3.05) is 12.4 Å². The largest absolute Gasteiger partial charge is 0.748 e. The molecule has 1 rings (SSSR count). The highest BCUT2D eigenvalue weighted by Gasteiger charge is 1.97. The molecule has 6 heteroatoms. The maximum Gasteiger partial charge on any atom is 0.123 e. The summed E-state index contributed by atoms with van der Waals surface area (Å²) in [6.07, 6.45) is 0. The van der Waals surface area contributed by atoms with Crippen molar-refractivity contribution in [3.8, 4) is 5.75 Å². The molecule has 0 aliphatic rings. The topological polar surface area (TPSA) is 66.4 Å². The Bertz CT molecular complexity index is 384. The first kappa shape index (κ1) is 10.9. The van der Waals surface area contributed by atoms with Crippen molar-refractivity contribution < 1.29 is 22.1 Å². The van der Waals surface area contributed by atoms with E-state index in [4.69, 9.17) is 4.74 Å². The van der Waals surface area contributed by atoms with E-state index in [1.165, 1.54) is 24.3 Å². The van der Waals surface area contributed by atoms with Crippen LogP contribution in [0.4, 0.5) is 4.39 Å². The molecule has 1 aromatic rings. The molecule has 14 heavy (non-hydrogen) atoms. The van der Waals surface area contributed by atoms with Gasteiger partial charge < -0.3 is 9.29 Å². The van der Waals surface area contributed by atoms with Crippen molar-refractivity contribution >= 4 is 10.1 Å². The molecule has 0 aliphatic carbocycles. The Morgan fingerprint density at radius 2 is 1.86 bits per heavy atom. The van der Waals surface area contributed by atoms with E-state index in [2.05, 4.69) is 0 Å². The van der Waals surface area contributed by atoms with Crippen LogP contribution in [0.25, 0.3) is 0 Å². The lowest BCUT2D eigenvalue weighted by Crippen LogP contribution is -2.12. The molecule has 0 aliphatic heterocycles. The number of hydrogen-bond donors (Lipinski definition) is 0. The number of halogens is 1. The van der Waals surface area contributed by atoms with Crippen LogP contribution in [0.15, 0.2) is 24.3 Å². The van der Waals surface area contributed by atoms with Crippen LogP contribution in [0, 0.1) is 5.82 Å². The Morgan fingerprint density at radius 3 is 2.36 bits per heavy atom. The summed E-state index contributed by atoms with van der Waals surface area (Å²) in [5, 5.41) is 0. The van der Waals surface area contributed by atoms with Gasteiger partial charge in [0, 0.05) is 0 Å². The summed E-state index contributed by atoms with van der Waals surface area (Å²) in [6, 6.07) is 5.07. The fourth-order valence-corrected chi connectivity index (χ4v) is 1.08. The number of benzene rings is 1. The summed E-state index contributed by atoms with van der Waals surface area (Å²) in [6.45, 7) is -0.225. The van der Waals surface area contributed by atoms with Gasteiger partial charge in [-0.3, -0.25) is 0 Å². The highest BCUT2D eigenvalue weighted by molar-refractivity contribution is 7.85. The third kappa shape index (κ3) is 4.20. The zero-order valence-corrected chi connectivity index (χ0v) is 7.96. The van der Waals surface area contributed by atoms with Crippen molar-refractivity contribution in [2.45, 2.75) is 0 Å². The van der Waals surface area contributed by atoms with Gasteiger partial charge in [-0.1, -0.05) is 0 Å². The van der Waals surface area contributed by atoms with Crippen LogP contribution in [0.5, 0.6) is 5.75 Å². The van der Waals surface area contributed by atoms with Crippen LogP contribution in [-0.2, 0) is 10.1 Å². The maximum atomic E-state index is 12.4. The summed E-state index contributed by atoms with van der Waals surface area (Å²) in [5.74, 6) is -0.673. The minimum atomic E-state index is -4.25. The Hall–Kier alpha value is -1.14. The third-order valence-corrected chi connectivity index (χ3v) is 2.08. The quantitative estimate of drug-likeness (QED) is 0.701. The molecule has 1 aromatic carbocycles. The van der Waals surface area contributed by atoms with Gasteiger partial charge in [-0.05, 0) is 24.3 Å². The second kappa shape index (κ2) is 4.39. The molecule has 0 saturated carbocycles. The van der Waals surface area contributed by atoms with Crippen molar-refractivity contribution in [1.29, 1.82) is 0 Å². The SMILES string of the molecule is O=S(=O)([O-])CCOc1ccc(F)cc1. The van der Waals surface area contributed by atoms with Crippen LogP contribution in [0.3, 0.4) is 0 Å². The third-order valence-electron chi connectivity index (χ3n) is 1.42. The van der Waals surface area contributed by atoms with Crippen molar-refractivity contribution in [3.05, 3.63) is 30.1 Å². The van der Waals surface area contributed by atoms with Gasteiger partial charge >= 0.3 is 0 Å². The number of ether oxygens (including phenoxy) is 1. The zero-order valence-electron chi connectivity index (χ0n) is 7.14. The van der Waals surface area contributed by atoms with Gasteiger partial charge in [-0.2, -0.15) is 0 Å². The molecular formula is C8H8FO4S-. The minimum Gasteiger partial charge on any atom is -0.748 e. The van der Waals surface area contributed by atoms with E-state index >= 15 is 0 Å². The van der Waals surface area contributed by atoms with Crippen LogP contribution >= 0.6 is 0 Å². The Kier molecular flexibility index (Phi) is 3.43. The van der Waals surface area contributed by atoms with Gasteiger partial charge in [0.05, 0.1) is 15.9 Å². The normalized spacial score (nSPS) is 11.3. The van der Waals surface area contributed by atoms with Crippen LogP contribution in [0.1, 0.15) is 0 Å². The molecule has 0 unspecified atom stereocenters. The van der Waals surface area contributed by atoms with Crippen LogP contribution in [0.2, 0.25) is 0 Å². The van der Waals surface area contributed by atoms with E-state index in [1.807, 2.05) is 0 Å². The predicted molar refractivity (Wildman–Crippen MR) is 46.5 cm³/mol. The molecule has 0 heterocycles. The lowest BCUT2D eigenvalue weighted by Gasteiger charge is -2.08. The average molecular weight is 219 g/mol. The molecule has 0 spiro atoms. The Balaban J connectivity index is 2.43. The van der Waals surface area contributed by atoms with Crippen LogP contribution in [-0.4, -0.2) is 25.3 Å². The molecular weight excluding hydrogens is 211 g/mol. The fourth-order valence-electron chi connectivity index (χ4n) is 0.792. The molecule has 0 atom stereocenters. The van der Waals surface area contributed by atoms with Gasteiger partial charge in [0.2, 0.25) is 0 Å². The maximum absolute atomic E-state index is 12.4. The lowest BCUT2D eigenvalue weighted by atomic mass is 10.3. The molecule has 0 fully saturated rings. The van der Waals surface area contributed by atoms with Gasteiger partial charge in [-0.25, -0.2) is 12.8 Å². The summed E-state index contributed by atoms with van der Waals surface area (Å²) < 4.78 is 47.8. The molecule has 0 N–H and O–H groups in total. The fraction of sp³-hybridized carbons (Fsp3) is 0.250. The molecule has 0 aromatic heterocycles. The van der Waals surface area contributed by atoms with Gasteiger partial charge in [0.25, 0.3) is 0 Å². The Labute approximate surface area is 81.1 Å². The van der Waals surface area contributed by atoms with Gasteiger partial charge in [0.15, 0.2) is 0 Å². The smallest absolute Gasteiger partial charge is 0.123 e. The van der Waals surface area contributed by atoms with Crippen LogP contribution < -0.4 is 4.74 Å². The zero-order chi connectivity index (χ0) is 10.6. The summed E-state index contributed by atoms with van der Waals surface area (Å²) in [4.78, 5) is 0. The summed E-state index contributed by atoms with van der Waals surface area (Å²) >= 11 is 0. The van der Waals surface area contributed by atoms with E-state index in [0.29, 0.717) is 5.75 Å². The summed E-state index contributed by atoms with van der Waals surface area (Å²) in [5.41, 5.74) is 0. The predicted octanol–water partition coefficient (Wildman–Crippen LogP) is 0.750. The Morgan fingerprint density at radius 1 is 1.29 bits per heavy atom. The lowest BCUT2D eigenvalue weighted by molar-refractivity contribution is 0.334.